The Kier molecular flexibility index (Phi) is 3.27. The van der Waals surface area contributed by atoms with E-state index in [1.807, 2.05) is 6.08 Å². The average molecular weight is 223 g/mol. The summed E-state index contributed by atoms with van der Waals surface area (Å²) in [6.07, 6.45) is 8.08. The van der Waals surface area contributed by atoms with Gasteiger partial charge in [0.15, 0.2) is 0 Å². The predicted molar refractivity (Wildman–Crippen MR) is 58.9 cm³/mol. The Bertz CT molecular complexity index is 324. The molecule has 16 heavy (non-hydrogen) atoms. The molecule has 1 heterocycles. The summed E-state index contributed by atoms with van der Waals surface area (Å²) >= 11 is 0. The molecule has 1 saturated heterocycles. The number of hydrogen-bond acceptors (Lipinski definition) is 2. The third-order valence-electron chi connectivity index (χ3n) is 3.44. The van der Waals surface area contributed by atoms with Crippen molar-refractivity contribution in [1.82, 2.24) is 4.90 Å². The monoisotopic (exact) mass is 223 g/mol. The van der Waals surface area contributed by atoms with Crippen LogP contribution in [0.25, 0.3) is 0 Å². The molecule has 0 saturated carbocycles. The highest BCUT2D eigenvalue weighted by Gasteiger charge is 2.36. The van der Waals surface area contributed by atoms with Crippen LogP contribution in [-0.2, 0) is 9.59 Å². The minimum Gasteiger partial charge on any atom is -0.480 e. The normalized spacial score (nSPS) is 29.4. The number of carbonyl (C=O) groups excluding carboxylic acids is 1. The van der Waals surface area contributed by atoms with E-state index in [0.29, 0.717) is 13.0 Å². The second-order valence-corrected chi connectivity index (χ2v) is 4.51. The lowest BCUT2D eigenvalue weighted by atomic mass is 9.93. The predicted octanol–water partition coefficient (Wildman–Crippen LogP) is 1.42. The molecule has 4 nitrogen and oxygen atoms in total. The van der Waals surface area contributed by atoms with E-state index in [1.165, 1.54) is 0 Å². The first-order chi connectivity index (χ1) is 7.70. The summed E-state index contributed by atoms with van der Waals surface area (Å²) < 4.78 is 0. The van der Waals surface area contributed by atoms with Gasteiger partial charge in [-0.3, -0.25) is 4.79 Å². The van der Waals surface area contributed by atoms with Gasteiger partial charge in [0.2, 0.25) is 5.91 Å². The molecule has 1 N–H and O–H groups in total. The van der Waals surface area contributed by atoms with Crippen molar-refractivity contribution in [3.8, 4) is 0 Å². The molecule has 0 aromatic heterocycles. The molecule has 0 aromatic rings. The van der Waals surface area contributed by atoms with Crippen molar-refractivity contribution in [2.45, 2.75) is 38.1 Å². The number of carboxylic acid groups (broad SMARTS) is 1. The molecule has 0 spiro atoms. The largest absolute Gasteiger partial charge is 0.480 e. The summed E-state index contributed by atoms with van der Waals surface area (Å²) in [4.78, 5) is 24.7. The smallest absolute Gasteiger partial charge is 0.326 e. The van der Waals surface area contributed by atoms with Gasteiger partial charge in [-0.25, -0.2) is 4.79 Å². The van der Waals surface area contributed by atoms with Crippen molar-refractivity contribution >= 4 is 11.9 Å². The SMILES string of the molecule is O=C(O)[C@H]1CCCN1C(=O)C1CC=CCC1. The Morgan fingerprint density at radius 1 is 1.25 bits per heavy atom. The van der Waals surface area contributed by atoms with E-state index < -0.39 is 12.0 Å². The van der Waals surface area contributed by atoms with E-state index in [1.54, 1.807) is 4.90 Å². The van der Waals surface area contributed by atoms with Crippen LogP contribution in [0.15, 0.2) is 12.2 Å². The Hall–Kier alpha value is -1.32. The van der Waals surface area contributed by atoms with Crippen LogP contribution in [0.3, 0.4) is 0 Å². The number of aliphatic carboxylic acids is 1. The van der Waals surface area contributed by atoms with Gasteiger partial charge in [-0.1, -0.05) is 12.2 Å². The van der Waals surface area contributed by atoms with Crippen LogP contribution in [-0.4, -0.2) is 34.5 Å². The lowest BCUT2D eigenvalue weighted by Gasteiger charge is -2.27. The summed E-state index contributed by atoms with van der Waals surface area (Å²) in [6, 6.07) is -0.585. The quantitative estimate of drug-likeness (QED) is 0.720. The molecule has 1 amide bonds. The van der Waals surface area contributed by atoms with Crippen LogP contribution in [0, 0.1) is 5.92 Å². The third-order valence-corrected chi connectivity index (χ3v) is 3.44. The zero-order valence-corrected chi connectivity index (χ0v) is 9.26. The fraction of sp³-hybridized carbons (Fsp3) is 0.667. The van der Waals surface area contributed by atoms with Crippen LogP contribution in [0.5, 0.6) is 0 Å². The number of carbonyl (C=O) groups is 2. The number of likely N-dealkylation sites (tertiary alicyclic amines) is 1. The highest BCUT2D eigenvalue weighted by Crippen LogP contribution is 2.25. The van der Waals surface area contributed by atoms with Gasteiger partial charge in [0.25, 0.3) is 0 Å². The average Bonchev–Trinajstić information content (AvgIpc) is 2.78. The Balaban J connectivity index is 2.03. The second-order valence-electron chi connectivity index (χ2n) is 4.51. The summed E-state index contributed by atoms with van der Waals surface area (Å²) in [7, 11) is 0. The molecule has 0 bridgehead atoms. The van der Waals surface area contributed by atoms with Crippen LogP contribution in [0.1, 0.15) is 32.1 Å². The third kappa shape index (κ3) is 2.10. The number of nitrogens with zero attached hydrogens (tertiary/aromatic N) is 1. The first-order valence-corrected chi connectivity index (χ1v) is 5.88. The van der Waals surface area contributed by atoms with E-state index in [-0.39, 0.29) is 11.8 Å². The van der Waals surface area contributed by atoms with Crippen molar-refractivity contribution in [3.63, 3.8) is 0 Å². The van der Waals surface area contributed by atoms with Gasteiger partial charge in [0, 0.05) is 12.5 Å². The second kappa shape index (κ2) is 4.68. The molecule has 1 fully saturated rings. The highest BCUT2D eigenvalue weighted by molar-refractivity contribution is 5.85. The maximum atomic E-state index is 12.1. The zero-order chi connectivity index (χ0) is 11.5. The minimum atomic E-state index is -0.864. The van der Waals surface area contributed by atoms with Gasteiger partial charge < -0.3 is 10.0 Å². The molecular formula is C12H17NO3. The number of hydrogen-bond donors (Lipinski definition) is 1. The van der Waals surface area contributed by atoms with Crippen molar-refractivity contribution in [2.24, 2.45) is 5.92 Å². The van der Waals surface area contributed by atoms with Crippen molar-refractivity contribution < 1.29 is 14.7 Å². The Morgan fingerprint density at radius 2 is 2.06 bits per heavy atom. The van der Waals surface area contributed by atoms with Crippen molar-refractivity contribution in [1.29, 1.82) is 0 Å². The van der Waals surface area contributed by atoms with Gasteiger partial charge in [-0.2, -0.15) is 0 Å². The molecule has 2 atom stereocenters. The minimum absolute atomic E-state index is 0.00458. The van der Waals surface area contributed by atoms with Crippen molar-refractivity contribution in [2.75, 3.05) is 6.54 Å². The molecule has 88 valence electrons. The first kappa shape index (κ1) is 11.2. The maximum Gasteiger partial charge on any atom is 0.326 e. The number of rotatable bonds is 2. The molecule has 1 unspecified atom stereocenters. The standard InChI is InChI=1S/C12H17NO3/c14-11(9-5-2-1-3-6-9)13-8-4-7-10(13)12(15)16/h1-2,9-10H,3-8H2,(H,15,16)/t9?,10-/m1/s1. The molecule has 1 aliphatic heterocycles. The molecular weight excluding hydrogens is 206 g/mol. The van der Waals surface area contributed by atoms with Crippen LogP contribution < -0.4 is 0 Å². The molecule has 0 radical (unpaired) electrons. The first-order valence-electron chi connectivity index (χ1n) is 5.88. The van der Waals surface area contributed by atoms with E-state index in [2.05, 4.69) is 6.08 Å². The van der Waals surface area contributed by atoms with Gasteiger partial charge >= 0.3 is 5.97 Å². The van der Waals surface area contributed by atoms with Gasteiger partial charge in [0.05, 0.1) is 0 Å². The fourth-order valence-electron chi connectivity index (χ4n) is 2.54. The molecule has 4 heteroatoms. The summed E-state index contributed by atoms with van der Waals surface area (Å²) in [5.74, 6) is -0.823. The molecule has 0 aromatic carbocycles. The van der Waals surface area contributed by atoms with Crippen LogP contribution in [0.4, 0.5) is 0 Å². The molecule has 2 aliphatic rings. The maximum absolute atomic E-state index is 12.1. The number of amides is 1. The topological polar surface area (TPSA) is 57.6 Å². The summed E-state index contributed by atoms with van der Waals surface area (Å²) in [5, 5.41) is 9.02. The van der Waals surface area contributed by atoms with E-state index in [4.69, 9.17) is 5.11 Å². The summed E-state index contributed by atoms with van der Waals surface area (Å²) in [5.41, 5.74) is 0. The number of carboxylic acids is 1. The van der Waals surface area contributed by atoms with Gasteiger partial charge in [-0.05, 0) is 32.1 Å². The van der Waals surface area contributed by atoms with Crippen molar-refractivity contribution in [3.05, 3.63) is 12.2 Å². The van der Waals surface area contributed by atoms with E-state index in [9.17, 15) is 9.59 Å². The van der Waals surface area contributed by atoms with Crippen LogP contribution in [0.2, 0.25) is 0 Å². The Morgan fingerprint density at radius 3 is 2.69 bits per heavy atom. The lowest BCUT2D eigenvalue weighted by Crippen LogP contribution is -2.43. The highest BCUT2D eigenvalue weighted by atomic mass is 16.4. The van der Waals surface area contributed by atoms with Crippen LogP contribution >= 0.6 is 0 Å². The van der Waals surface area contributed by atoms with E-state index in [0.717, 1.165) is 25.7 Å². The fourth-order valence-corrected chi connectivity index (χ4v) is 2.54. The number of allylic oxidation sites excluding steroid dienone is 2. The zero-order valence-electron chi connectivity index (χ0n) is 9.26. The van der Waals surface area contributed by atoms with Gasteiger partial charge in [-0.15, -0.1) is 0 Å². The molecule has 1 aliphatic carbocycles. The molecule has 2 rings (SSSR count). The van der Waals surface area contributed by atoms with Gasteiger partial charge in [0.1, 0.15) is 6.04 Å². The summed E-state index contributed by atoms with van der Waals surface area (Å²) in [6.45, 7) is 0.607. The van der Waals surface area contributed by atoms with E-state index >= 15 is 0 Å². The lowest BCUT2D eigenvalue weighted by molar-refractivity contribution is -0.150. The Labute approximate surface area is 94.9 Å².